The van der Waals surface area contributed by atoms with Crippen LogP contribution in [-0.4, -0.2) is 29.1 Å². The highest BCUT2D eigenvalue weighted by Gasteiger charge is 2.45. The minimum absolute atomic E-state index is 0.289. The monoisotopic (exact) mass is 239 g/mol. The topological polar surface area (TPSA) is 20.3 Å². The summed E-state index contributed by atoms with van der Waals surface area (Å²) in [6, 6.07) is 0.601. The van der Waals surface area contributed by atoms with Gasteiger partial charge >= 0.3 is 0 Å². The lowest BCUT2D eigenvalue weighted by Crippen LogP contribution is -2.36. The molecule has 0 unspecified atom stereocenters. The lowest BCUT2D eigenvalue weighted by molar-refractivity contribution is -0.133. The van der Waals surface area contributed by atoms with Crippen molar-refractivity contribution in [3.8, 4) is 0 Å². The second kappa shape index (κ2) is 3.94. The molecular weight excluding hydrogens is 218 g/mol. The molecule has 0 spiro atoms. The molecule has 3 saturated carbocycles. The summed E-state index contributed by atoms with van der Waals surface area (Å²) in [5.41, 5.74) is 0.289. The average Bonchev–Trinajstić information content (AvgIpc) is 3.12. The van der Waals surface area contributed by atoms with Gasteiger partial charge in [0.25, 0.3) is 0 Å². The predicted molar refractivity (Wildman–Crippen MR) is 67.6 cm³/mol. The molecule has 0 N–H and O–H groups in total. The number of hydrogen-bond acceptors (Lipinski definition) is 2. The Labute approximate surface area is 103 Å². The van der Waals surface area contributed by atoms with E-state index in [-0.39, 0.29) is 5.41 Å². The van der Waals surface area contributed by atoms with Gasteiger partial charge in [0.2, 0.25) is 5.91 Å². The highest BCUT2D eigenvalue weighted by molar-refractivity contribution is 7.80. The van der Waals surface area contributed by atoms with Crippen LogP contribution in [0.25, 0.3) is 0 Å². The van der Waals surface area contributed by atoms with Crippen LogP contribution < -0.4 is 0 Å². The number of hydrogen-bond donors (Lipinski definition) is 1. The highest BCUT2D eigenvalue weighted by Crippen LogP contribution is 2.50. The molecule has 0 saturated heterocycles. The standard InChI is InChI=1S/C13H21NOS/c15-12(7-13(9-16)5-6-13)14(11-3-4-11)8-10-1-2-10/h10-11,16H,1-9H2. The molecule has 0 radical (unpaired) electrons. The minimum atomic E-state index is 0.289. The Morgan fingerprint density at radius 1 is 1.25 bits per heavy atom. The number of carbonyl (C=O) groups excluding carboxylic acids is 1. The van der Waals surface area contributed by atoms with E-state index in [1.807, 2.05) is 0 Å². The molecule has 1 amide bonds. The molecule has 90 valence electrons. The molecule has 0 bridgehead atoms. The Kier molecular flexibility index (Phi) is 2.69. The molecule has 3 fully saturated rings. The van der Waals surface area contributed by atoms with Crippen molar-refractivity contribution >= 4 is 18.5 Å². The number of thiol groups is 1. The SMILES string of the molecule is O=C(CC1(CS)CC1)N(CC1CC1)C1CC1. The van der Waals surface area contributed by atoms with Crippen LogP contribution in [0.1, 0.15) is 44.9 Å². The molecule has 0 atom stereocenters. The van der Waals surface area contributed by atoms with Gasteiger partial charge in [0.05, 0.1) is 0 Å². The third kappa shape index (κ3) is 2.39. The Hall–Kier alpha value is -0.180. The van der Waals surface area contributed by atoms with E-state index >= 15 is 0 Å². The van der Waals surface area contributed by atoms with Gasteiger partial charge in [-0.3, -0.25) is 4.79 Å². The molecule has 0 aromatic heterocycles. The first kappa shape index (κ1) is 10.9. The number of carbonyl (C=O) groups is 1. The first-order valence-corrected chi connectivity index (χ1v) is 7.26. The van der Waals surface area contributed by atoms with Gasteiger partial charge in [-0.2, -0.15) is 12.6 Å². The summed E-state index contributed by atoms with van der Waals surface area (Å²) in [4.78, 5) is 14.5. The van der Waals surface area contributed by atoms with E-state index in [1.54, 1.807) is 0 Å². The molecule has 0 aliphatic heterocycles. The Morgan fingerprint density at radius 3 is 2.38 bits per heavy atom. The zero-order chi connectivity index (χ0) is 11.2. The fraction of sp³-hybridized carbons (Fsp3) is 0.923. The number of amides is 1. The van der Waals surface area contributed by atoms with Gasteiger partial charge in [-0.1, -0.05) is 0 Å². The van der Waals surface area contributed by atoms with Crippen LogP contribution in [0, 0.1) is 11.3 Å². The maximum absolute atomic E-state index is 12.3. The van der Waals surface area contributed by atoms with Crippen LogP contribution >= 0.6 is 12.6 Å². The second-order valence-corrected chi connectivity index (χ2v) is 6.37. The molecule has 0 heterocycles. The maximum Gasteiger partial charge on any atom is 0.223 e. The first-order chi connectivity index (χ1) is 7.72. The minimum Gasteiger partial charge on any atom is -0.339 e. The van der Waals surface area contributed by atoms with Crippen LogP contribution in [0.5, 0.6) is 0 Å². The molecular formula is C13H21NOS. The van der Waals surface area contributed by atoms with Gasteiger partial charge in [-0.05, 0) is 55.6 Å². The first-order valence-electron chi connectivity index (χ1n) is 6.63. The highest BCUT2D eigenvalue weighted by atomic mass is 32.1. The van der Waals surface area contributed by atoms with Crippen molar-refractivity contribution < 1.29 is 4.79 Å². The molecule has 16 heavy (non-hydrogen) atoms. The predicted octanol–water partition coefficient (Wildman–Crippen LogP) is 2.49. The summed E-state index contributed by atoms with van der Waals surface area (Å²) >= 11 is 4.39. The van der Waals surface area contributed by atoms with Gasteiger partial charge in [0, 0.05) is 19.0 Å². The van der Waals surface area contributed by atoms with E-state index in [0.717, 1.165) is 24.6 Å². The van der Waals surface area contributed by atoms with Crippen LogP contribution in [0.15, 0.2) is 0 Å². The second-order valence-electron chi connectivity index (χ2n) is 6.06. The molecule has 0 aromatic rings. The maximum atomic E-state index is 12.3. The van der Waals surface area contributed by atoms with Crippen molar-refractivity contribution in [2.45, 2.75) is 51.0 Å². The largest absolute Gasteiger partial charge is 0.339 e. The molecule has 3 aliphatic carbocycles. The van der Waals surface area contributed by atoms with Crippen molar-refractivity contribution in [3.05, 3.63) is 0 Å². The molecule has 3 heteroatoms. The van der Waals surface area contributed by atoms with E-state index in [4.69, 9.17) is 0 Å². The quantitative estimate of drug-likeness (QED) is 0.706. The summed E-state index contributed by atoms with van der Waals surface area (Å²) in [6.45, 7) is 1.05. The van der Waals surface area contributed by atoms with Crippen molar-refractivity contribution in [2.75, 3.05) is 12.3 Å². The number of rotatable bonds is 6. The van der Waals surface area contributed by atoms with E-state index in [9.17, 15) is 4.79 Å². The Bertz CT molecular complexity index is 292. The summed E-state index contributed by atoms with van der Waals surface area (Å²) in [5.74, 6) is 2.14. The summed E-state index contributed by atoms with van der Waals surface area (Å²) in [5, 5.41) is 0. The van der Waals surface area contributed by atoms with Gasteiger partial charge < -0.3 is 4.90 Å². The van der Waals surface area contributed by atoms with Crippen LogP contribution in [0.2, 0.25) is 0 Å². The normalized spacial score (nSPS) is 26.6. The van der Waals surface area contributed by atoms with Crippen LogP contribution in [0.4, 0.5) is 0 Å². The van der Waals surface area contributed by atoms with Gasteiger partial charge in [-0.25, -0.2) is 0 Å². The zero-order valence-electron chi connectivity index (χ0n) is 9.82. The van der Waals surface area contributed by atoms with E-state index in [0.29, 0.717) is 11.9 Å². The Morgan fingerprint density at radius 2 is 1.94 bits per heavy atom. The molecule has 3 aliphatic rings. The fourth-order valence-electron chi connectivity index (χ4n) is 2.41. The smallest absolute Gasteiger partial charge is 0.223 e. The molecule has 0 aromatic carbocycles. The van der Waals surface area contributed by atoms with Crippen molar-refractivity contribution in [3.63, 3.8) is 0 Å². The fourth-order valence-corrected chi connectivity index (χ4v) is 2.84. The van der Waals surface area contributed by atoms with E-state index in [2.05, 4.69) is 17.5 Å². The van der Waals surface area contributed by atoms with Gasteiger partial charge in [-0.15, -0.1) is 0 Å². The Balaban J connectivity index is 1.57. The third-order valence-corrected chi connectivity index (χ3v) is 4.95. The van der Waals surface area contributed by atoms with Gasteiger partial charge in [0.15, 0.2) is 0 Å². The summed E-state index contributed by atoms with van der Waals surface area (Å²) in [7, 11) is 0. The molecule has 2 nitrogen and oxygen atoms in total. The summed E-state index contributed by atoms with van der Waals surface area (Å²) < 4.78 is 0. The lowest BCUT2D eigenvalue weighted by Gasteiger charge is -2.24. The van der Waals surface area contributed by atoms with Crippen LogP contribution in [0.3, 0.4) is 0 Å². The van der Waals surface area contributed by atoms with Crippen molar-refractivity contribution in [1.82, 2.24) is 4.90 Å². The van der Waals surface area contributed by atoms with Gasteiger partial charge in [0.1, 0.15) is 0 Å². The lowest BCUT2D eigenvalue weighted by atomic mass is 10.0. The van der Waals surface area contributed by atoms with Crippen molar-refractivity contribution in [2.24, 2.45) is 11.3 Å². The third-order valence-electron chi connectivity index (χ3n) is 4.28. The number of nitrogens with zero attached hydrogens (tertiary/aromatic N) is 1. The van der Waals surface area contributed by atoms with E-state index < -0.39 is 0 Å². The summed E-state index contributed by atoms with van der Waals surface area (Å²) in [6.07, 6.45) is 8.36. The van der Waals surface area contributed by atoms with E-state index in [1.165, 1.54) is 38.5 Å². The average molecular weight is 239 g/mol. The van der Waals surface area contributed by atoms with Crippen molar-refractivity contribution in [1.29, 1.82) is 0 Å². The molecule has 3 rings (SSSR count). The van der Waals surface area contributed by atoms with Crippen LogP contribution in [-0.2, 0) is 4.79 Å². The zero-order valence-corrected chi connectivity index (χ0v) is 10.7.